The number of hydrogen-bond acceptors (Lipinski definition) is 4. The minimum Gasteiger partial charge on any atom is -0.480 e. The van der Waals surface area contributed by atoms with Crippen LogP contribution in [-0.2, 0) is 14.3 Å². The molecule has 0 bridgehead atoms. The average Bonchev–Trinajstić information content (AvgIpc) is 3.19. The van der Waals surface area contributed by atoms with Gasteiger partial charge in [-0.15, -0.1) is 6.58 Å². The van der Waals surface area contributed by atoms with E-state index in [9.17, 15) is 19.5 Å². The Morgan fingerprint density at radius 2 is 1.71 bits per heavy atom. The maximum atomic E-state index is 12.7. The number of nitrogens with one attached hydrogen (secondary N) is 2. The number of allylic oxidation sites excluding steroid dienone is 1. The summed E-state index contributed by atoms with van der Waals surface area (Å²) < 4.78 is 5.64. The molecule has 2 amide bonds. The van der Waals surface area contributed by atoms with Crippen LogP contribution in [0.25, 0.3) is 11.1 Å². The summed E-state index contributed by atoms with van der Waals surface area (Å²) in [5, 5.41) is 14.9. The number of rotatable bonds is 9. The van der Waals surface area contributed by atoms with Crippen molar-refractivity contribution >= 4 is 18.0 Å². The molecule has 0 radical (unpaired) electrons. The molecule has 184 valence electrons. The number of fused-ring (bicyclic) bond motifs is 3. The van der Waals surface area contributed by atoms with Crippen LogP contribution in [0.5, 0.6) is 0 Å². The lowest BCUT2D eigenvalue weighted by Gasteiger charge is -2.29. The summed E-state index contributed by atoms with van der Waals surface area (Å²) in [4.78, 5) is 36.8. The summed E-state index contributed by atoms with van der Waals surface area (Å²) >= 11 is 0. The third kappa shape index (κ3) is 5.73. The van der Waals surface area contributed by atoms with E-state index < -0.39 is 18.1 Å². The van der Waals surface area contributed by atoms with Crippen LogP contribution in [0.1, 0.15) is 55.6 Å². The van der Waals surface area contributed by atoms with Crippen LogP contribution in [-0.4, -0.2) is 41.8 Å². The summed E-state index contributed by atoms with van der Waals surface area (Å²) in [5.74, 6) is -1.68. The Hall–Kier alpha value is -3.61. The number of hydrogen-bond donors (Lipinski definition) is 3. The van der Waals surface area contributed by atoms with Crippen molar-refractivity contribution in [1.82, 2.24) is 10.6 Å². The van der Waals surface area contributed by atoms with Gasteiger partial charge < -0.3 is 20.5 Å². The number of carbonyl (C=O) groups is 3. The first kappa shape index (κ1) is 24.5. The zero-order valence-electron chi connectivity index (χ0n) is 19.7. The van der Waals surface area contributed by atoms with Crippen molar-refractivity contribution in [2.24, 2.45) is 5.92 Å². The van der Waals surface area contributed by atoms with Gasteiger partial charge in [-0.1, -0.05) is 61.0 Å². The lowest BCUT2D eigenvalue weighted by molar-refractivity contribution is -0.142. The Morgan fingerprint density at radius 1 is 1.06 bits per heavy atom. The summed E-state index contributed by atoms with van der Waals surface area (Å²) in [7, 11) is 0. The summed E-state index contributed by atoms with van der Waals surface area (Å²) in [6.45, 7) is 3.84. The van der Waals surface area contributed by atoms with E-state index in [0.29, 0.717) is 25.7 Å². The van der Waals surface area contributed by atoms with Crippen molar-refractivity contribution in [2.45, 2.75) is 56.5 Å². The molecule has 3 N–H and O–H groups in total. The SMILES string of the molecule is C=CCCC(NC(=O)[C@H]1CCC[C@@H](NC(=O)OCC2c3ccccc3-c3ccccc32)C1)C(=O)O. The fourth-order valence-corrected chi connectivity index (χ4v) is 5.20. The third-order valence-corrected chi connectivity index (χ3v) is 6.98. The van der Waals surface area contributed by atoms with Gasteiger partial charge in [0.2, 0.25) is 5.91 Å². The highest BCUT2D eigenvalue weighted by Crippen LogP contribution is 2.44. The molecule has 7 nitrogen and oxygen atoms in total. The highest BCUT2D eigenvalue weighted by molar-refractivity contribution is 5.85. The lowest BCUT2D eigenvalue weighted by Crippen LogP contribution is -2.47. The van der Waals surface area contributed by atoms with Crippen molar-refractivity contribution in [3.8, 4) is 11.1 Å². The fraction of sp³-hybridized carbons (Fsp3) is 0.393. The maximum absolute atomic E-state index is 12.7. The molecule has 1 unspecified atom stereocenters. The van der Waals surface area contributed by atoms with Gasteiger partial charge in [0.05, 0.1) is 0 Å². The Labute approximate surface area is 205 Å². The fourth-order valence-electron chi connectivity index (χ4n) is 5.20. The molecule has 0 aliphatic heterocycles. The van der Waals surface area contributed by atoms with Gasteiger partial charge in [0.15, 0.2) is 0 Å². The second-order valence-electron chi connectivity index (χ2n) is 9.30. The lowest BCUT2D eigenvalue weighted by atomic mass is 9.85. The Kier molecular flexibility index (Phi) is 7.85. The summed E-state index contributed by atoms with van der Waals surface area (Å²) in [6.07, 6.45) is 4.62. The van der Waals surface area contributed by atoms with Crippen LogP contribution in [0.15, 0.2) is 61.2 Å². The monoisotopic (exact) mass is 476 g/mol. The maximum Gasteiger partial charge on any atom is 0.407 e. The van der Waals surface area contributed by atoms with Crippen molar-refractivity contribution in [1.29, 1.82) is 0 Å². The Balaban J connectivity index is 1.31. The normalized spacial score (nSPS) is 19.7. The second kappa shape index (κ2) is 11.2. The molecule has 1 saturated carbocycles. The van der Waals surface area contributed by atoms with Gasteiger partial charge in [0.25, 0.3) is 0 Å². The second-order valence-corrected chi connectivity index (χ2v) is 9.30. The summed E-state index contributed by atoms with van der Waals surface area (Å²) in [6, 6.07) is 15.2. The van der Waals surface area contributed by atoms with Gasteiger partial charge in [-0.05, 0) is 54.4 Å². The largest absolute Gasteiger partial charge is 0.480 e. The van der Waals surface area contributed by atoms with E-state index in [4.69, 9.17) is 4.74 Å². The molecule has 7 heteroatoms. The minimum atomic E-state index is -1.05. The van der Waals surface area contributed by atoms with Gasteiger partial charge in [-0.3, -0.25) is 4.79 Å². The van der Waals surface area contributed by atoms with E-state index in [1.807, 2.05) is 24.3 Å². The standard InChI is InChI=1S/C28H32N2O5/c1-2-3-15-25(27(32)33)30-26(31)18-9-8-10-19(16-18)29-28(34)35-17-24-22-13-6-4-11-20(22)21-12-5-7-14-23(21)24/h2,4-7,11-14,18-19,24-25H,1,3,8-10,15-17H2,(H,29,34)(H,30,31)(H,32,33)/t18-,19+,25?/m0/s1. The van der Waals surface area contributed by atoms with Crippen molar-refractivity contribution in [3.05, 3.63) is 72.3 Å². The smallest absolute Gasteiger partial charge is 0.407 e. The quantitative estimate of drug-likeness (QED) is 0.458. The van der Waals surface area contributed by atoms with Crippen LogP contribution >= 0.6 is 0 Å². The van der Waals surface area contributed by atoms with E-state index in [1.165, 1.54) is 11.1 Å². The van der Waals surface area contributed by atoms with Crippen LogP contribution in [0, 0.1) is 5.92 Å². The molecule has 2 aromatic rings. The molecule has 35 heavy (non-hydrogen) atoms. The highest BCUT2D eigenvalue weighted by atomic mass is 16.5. The molecular weight excluding hydrogens is 444 g/mol. The number of amides is 2. The number of carboxylic acid groups (broad SMARTS) is 1. The van der Waals surface area contributed by atoms with Gasteiger partial charge in [0.1, 0.15) is 12.6 Å². The van der Waals surface area contributed by atoms with E-state index >= 15 is 0 Å². The van der Waals surface area contributed by atoms with E-state index in [0.717, 1.165) is 24.0 Å². The molecule has 2 aliphatic carbocycles. The minimum absolute atomic E-state index is 0.0125. The zero-order chi connectivity index (χ0) is 24.8. The third-order valence-electron chi connectivity index (χ3n) is 6.98. The van der Waals surface area contributed by atoms with Crippen LogP contribution in [0.4, 0.5) is 4.79 Å². The molecule has 1 fully saturated rings. The predicted octanol–water partition coefficient (Wildman–Crippen LogP) is 4.62. The van der Waals surface area contributed by atoms with Gasteiger partial charge in [0, 0.05) is 17.9 Å². The molecule has 2 aromatic carbocycles. The van der Waals surface area contributed by atoms with E-state index in [2.05, 4.69) is 41.5 Å². The number of benzene rings is 2. The first-order valence-corrected chi connectivity index (χ1v) is 12.2. The van der Waals surface area contributed by atoms with E-state index in [-0.39, 0.29) is 30.4 Å². The van der Waals surface area contributed by atoms with Crippen LogP contribution in [0.3, 0.4) is 0 Å². The van der Waals surface area contributed by atoms with Gasteiger partial charge in [-0.25, -0.2) is 9.59 Å². The predicted molar refractivity (Wildman–Crippen MR) is 133 cm³/mol. The average molecular weight is 477 g/mol. The molecular formula is C28H32N2O5. The number of carboxylic acids is 1. The molecule has 0 saturated heterocycles. The molecule has 0 heterocycles. The van der Waals surface area contributed by atoms with Crippen LogP contribution < -0.4 is 10.6 Å². The molecule has 3 atom stereocenters. The highest BCUT2D eigenvalue weighted by Gasteiger charge is 2.32. The van der Waals surface area contributed by atoms with Gasteiger partial charge in [-0.2, -0.15) is 0 Å². The Morgan fingerprint density at radius 3 is 2.34 bits per heavy atom. The van der Waals surface area contributed by atoms with Crippen LogP contribution in [0.2, 0.25) is 0 Å². The zero-order valence-corrected chi connectivity index (χ0v) is 19.7. The van der Waals surface area contributed by atoms with Gasteiger partial charge >= 0.3 is 12.1 Å². The molecule has 0 spiro atoms. The number of ether oxygens (including phenoxy) is 1. The number of alkyl carbamates (subject to hydrolysis) is 1. The van der Waals surface area contributed by atoms with Crippen molar-refractivity contribution < 1.29 is 24.2 Å². The first-order chi connectivity index (χ1) is 17.0. The topological polar surface area (TPSA) is 105 Å². The number of carbonyl (C=O) groups excluding carboxylic acids is 2. The van der Waals surface area contributed by atoms with Crippen molar-refractivity contribution in [2.75, 3.05) is 6.61 Å². The van der Waals surface area contributed by atoms with Crippen molar-refractivity contribution in [3.63, 3.8) is 0 Å². The molecule has 0 aromatic heterocycles. The Bertz CT molecular complexity index is 1050. The first-order valence-electron chi connectivity index (χ1n) is 12.2. The summed E-state index contributed by atoms with van der Waals surface area (Å²) in [5.41, 5.74) is 4.65. The molecule has 4 rings (SSSR count). The number of aliphatic carboxylic acids is 1. The molecule has 2 aliphatic rings. The van der Waals surface area contributed by atoms with E-state index in [1.54, 1.807) is 6.08 Å².